The lowest BCUT2D eigenvalue weighted by molar-refractivity contribution is -0.120. The Labute approximate surface area is 171 Å². The molecular weight excluding hydrogens is 392 g/mol. The standard InChI is InChI=1S/C21H26N2O5S/c1-15(2)16-8-10-17(11-9-16)23(29(3,25)26)13-21(24)22-12-18-14-27-19-6-4-5-7-20(19)28-18/h4-11,15,18H,12-14H2,1-3H3,(H,22,24)/t18-/m0/s1. The average molecular weight is 419 g/mol. The lowest BCUT2D eigenvalue weighted by Crippen LogP contribution is -2.45. The maximum atomic E-state index is 12.4. The fourth-order valence-corrected chi connectivity index (χ4v) is 3.86. The van der Waals surface area contributed by atoms with Gasteiger partial charge in [0.15, 0.2) is 11.5 Å². The number of ether oxygens (including phenoxy) is 2. The summed E-state index contributed by atoms with van der Waals surface area (Å²) in [7, 11) is -3.61. The summed E-state index contributed by atoms with van der Waals surface area (Å²) >= 11 is 0. The number of para-hydroxylation sites is 2. The zero-order valence-electron chi connectivity index (χ0n) is 16.8. The van der Waals surface area contributed by atoms with E-state index in [2.05, 4.69) is 19.2 Å². The number of hydrogen-bond donors (Lipinski definition) is 1. The van der Waals surface area contributed by atoms with Crippen LogP contribution in [0.25, 0.3) is 0 Å². The van der Waals surface area contributed by atoms with Gasteiger partial charge >= 0.3 is 0 Å². The molecule has 0 aliphatic carbocycles. The third-order valence-corrected chi connectivity index (χ3v) is 5.77. The Morgan fingerprint density at radius 1 is 1.14 bits per heavy atom. The first-order chi connectivity index (χ1) is 13.7. The van der Waals surface area contributed by atoms with Crippen LogP contribution < -0.4 is 19.1 Å². The molecule has 0 fully saturated rings. The Kier molecular flexibility index (Phi) is 6.32. The SMILES string of the molecule is CC(C)c1ccc(N(CC(=O)NC[C@H]2COc3ccccc3O2)S(C)(=O)=O)cc1. The van der Waals surface area contributed by atoms with Gasteiger partial charge in [-0.25, -0.2) is 8.42 Å². The van der Waals surface area contributed by atoms with E-state index in [0.717, 1.165) is 16.1 Å². The van der Waals surface area contributed by atoms with Crippen molar-refractivity contribution in [2.75, 3.05) is 30.3 Å². The molecule has 1 atom stereocenters. The molecule has 7 nitrogen and oxygen atoms in total. The molecule has 1 amide bonds. The van der Waals surface area contributed by atoms with E-state index in [1.165, 1.54) is 0 Å². The van der Waals surface area contributed by atoms with Crippen LogP contribution >= 0.6 is 0 Å². The van der Waals surface area contributed by atoms with Crippen LogP contribution in [-0.4, -0.2) is 46.4 Å². The van der Waals surface area contributed by atoms with Crippen LogP contribution in [-0.2, 0) is 14.8 Å². The van der Waals surface area contributed by atoms with Gasteiger partial charge in [-0.05, 0) is 35.7 Å². The first kappa shape index (κ1) is 21.0. The van der Waals surface area contributed by atoms with Crippen LogP contribution in [0.3, 0.4) is 0 Å². The normalized spacial score (nSPS) is 15.8. The molecule has 0 unspecified atom stereocenters. The maximum absolute atomic E-state index is 12.4. The number of fused-ring (bicyclic) bond motifs is 1. The number of nitrogens with zero attached hydrogens (tertiary/aromatic N) is 1. The van der Waals surface area contributed by atoms with E-state index >= 15 is 0 Å². The minimum Gasteiger partial charge on any atom is -0.486 e. The van der Waals surface area contributed by atoms with Crippen LogP contribution in [0.2, 0.25) is 0 Å². The van der Waals surface area contributed by atoms with Crippen LogP contribution in [0.5, 0.6) is 11.5 Å². The second kappa shape index (κ2) is 8.73. The molecule has 0 saturated heterocycles. The van der Waals surface area contributed by atoms with Gasteiger partial charge in [-0.1, -0.05) is 38.1 Å². The number of nitrogens with one attached hydrogen (secondary N) is 1. The molecule has 0 spiro atoms. The fourth-order valence-electron chi connectivity index (χ4n) is 3.00. The number of benzene rings is 2. The number of anilines is 1. The summed E-state index contributed by atoms with van der Waals surface area (Å²) in [6.45, 7) is 4.35. The molecule has 2 aromatic carbocycles. The summed E-state index contributed by atoms with van der Waals surface area (Å²) in [6.07, 6.45) is 0.747. The van der Waals surface area contributed by atoms with Crippen molar-refractivity contribution in [2.24, 2.45) is 0 Å². The molecular formula is C21H26N2O5S. The molecule has 0 saturated carbocycles. The molecule has 0 aromatic heterocycles. The number of rotatable bonds is 7. The van der Waals surface area contributed by atoms with E-state index in [4.69, 9.17) is 9.47 Å². The summed E-state index contributed by atoms with van der Waals surface area (Å²) < 4.78 is 37.0. The van der Waals surface area contributed by atoms with Gasteiger partial charge < -0.3 is 14.8 Å². The van der Waals surface area contributed by atoms with Gasteiger partial charge in [-0.3, -0.25) is 9.10 Å². The van der Waals surface area contributed by atoms with Crippen LogP contribution in [0.15, 0.2) is 48.5 Å². The summed E-state index contributed by atoms with van der Waals surface area (Å²) in [5.41, 5.74) is 1.56. The lowest BCUT2D eigenvalue weighted by Gasteiger charge is -2.27. The van der Waals surface area contributed by atoms with Gasteiger partial charge in [0.2, 0.25) is 15.9 Å². The number of carbonyl (C=O) groups is 1. The Hall–Kier alpha value is -2.74. The molecule has 156 valence electrons. The molecule has 1 heterocycles. The van der Waals surface area contributed by atoms with E-state index in [0.29, 0.717) is 29.7 Å². The highest BCUT2D eigenvalue weighted by Gasteiger charge is 2.24. The second-order valence-electron chi connectivity index (χ2n) is 7.32. The molecule has 0 bridgehead atoms. The van der Waals surface area contributed by atoms with E-state index in [-0.39, 0.29) is 19.2 Å². The first-order valence-corrected chi connectivity index (χ1v) is 11.3. The smallest absolute Gasteiger partial charge is 0.240 e. The fraction of sp³-hybridized carbons (Fsp3) is 0.381. The topological polar surface area (TPSA) is 84.9 Å². The zero-order valence-corrected chi connectivity index (χ0v) is 17.6. The van der Waals surface area contributed by atoms with Gasteiger partial charge in [0.25, 0.3) is 0 Å². The van der Waals surface area contributed by atoms with E-state index in [1.54, 1.807) is 18.2 Å². The van der Waals surface area contributed by atoms with Crippen molar-refractivity contribution < 1.29 is 22.7 Å². The Bertz CT molecular complexity index is 957. The highest BCUT2D eigenvalue weighted by atomic mass is 32.2. The van der Waals surface area contributed by atoms with Gasteiger partial charge in [-0.15, -0.1) is 0 Å². The summed E-state index contributed by atoms with van der Waals surface area (Å²) in [5.74, 6) is 1.22. The van der Waals surface area contributed by atoms with Crippen molar-refractivity contribution in [1.82, 2.24) is 5.32 Å². The average Bonchev–Trinajstić information content (AvgIpc) is 2.69. The molecule has 3 rings (SSSR count). The number of carbonyl (C=O) groups excluding carboxylic acids is 1. The van der Waals surface area contributed by atoms with E-state index in [1.807, 2.05) is 30.3 Å². The number of hydrogen-bond acceptors (Lipinski definition) is 5. The summed E-state index contributed by atoms with van der Waals surface area (Å²) in [4.78, 5) is 12.4. The Morgan fingerprint density at radius 2 is 1.79 bits per heavy atom. The van der Waals surface area contributed by atoms with E-state index in [9.17, 15) is 13.2 Å². The largest absolute Gasteiger partial charge is 0.486 e. The lowest BCUT2D eigenvalue weighted by atomic mass is 10.0. The molecule has 2 aromatic rings. The second-order valence-corrected chi connectivity index (χ2v) is 9.22. The highest BCUT2D eigenvalue weighted by molar-refractivity contribution is 7.92. The van der Waals surface area contributed by atoms with Crippen molar-refractivity contribution in [1.29, 1.82) is 0 Å². The zero-order chi connectivity index (χ0) is 21.0. The monoisotopic (exact) mass is 418 g/mol. The first-order valence-electron chi connectivity index (χ1n) is 9.47. The third kappa shape index (κ3) is 5.41. The minimum atomic E-state index is -3.61. The molecule has 0 radical (unpaired) electrons. The Morgan fingerprint density at radius 3 is 2.41 bits per heavy atom. The third-order valence-electron chi connectivity index (χ3n) is 4.63. The Balaban J connectivity index is 1.61. The predicted molar refractivity (Wildman–Crippen MR) is 112 cm³/mol. The van der Waals surface area contributed by atoms with E-state index < -0.39 is 15.9 Å². The molecule has 1 aliphatic heterocycles. The minimum absolute atomic E-state index is 0.219. The van der Waals surface area contributed by atoms with Crippen LogP contribution in [0.4, 0.5) is 5.69 Å². The molecule has 29 heavy (non-hydrogen) atoms. The summed E-state index contributed by atoms with van der Waals surface area (Å²) in [5, 5.41) is 2.74. The highest BCUT2D eigenvalue weighted by Crippen LogP contribution is 2.30. The quantitative estimate of drug-likeness (QED) is 0.747. The predicted octanol–water partition coefficient (Wildman–Crippen LogP) is 2.53. The van der Waals surface area contributed by atoms with Gasteiger partial charge in [-0.2, -0.15) is 0 Å². The van der Waals surface area contributed by atoms with Crippen LogP contribution in [0.1, 0.15) is 25.3 Å². The molecule has 1 N–H and O–H groups in total. The maximum Gasteiger partial charge on any atom is 0.240 e. The van der Waals surface area contributed by atoms with Gasteiger partial charge in [0.1, 0.15) is 19.3 Å². The van der Waals surface area contributed by atoms with Crippen molar-refractivity contribution >= 4 is 21.6 Å². The van der Waals surface area contributed by atoms with Crippen molar-refractivity contribution in [2.45, 2.75) is 25.9 Å². The number of sulfonamides is 1. The van der Waals surface area contributed by atoms with Crippen LogP contribution in [0, 0.1) is 0 Å². The van der Waals surface area contributed by atoms with Gasteiger partial charge in [0, 0.05) is 0 Å². The van der Waals surface area contributed by atoms with Crippen molar-refractivity contribution in [3.05, 3.63) is 54.1 Å². The molecule has 1 aliphatic rings. The van der Waals surface area contributed by atoms with Crippen molar-refractivity contribution in [3.8, 4) is 11.5 Å². The summed E-state index contributed by atoms with van der Waals surface area (Å²) in [6, 6.07) is 14.5. The molecule has 8 heteroatoms. The number of amides is 1. The van der Waals surface area contributed by atoms with Gasteiger partial charge in [0.05, 0.1) is 18.5 Å². The van der Waals surface area contributed by atoms with Crippen molar-refractivity contribution in [3.63, 3.8) is 0 Å².